The number of benzene rings is 1. The molecule has 0 saturated carbocycles. The number of nitrogens with one attached hydrogen (secondary N) is 1. The molecule has 7 nitrogen and oxygen atoms in total. The molecule has 1 aromatic heterocycles. The van der Waals surface area contributed by atoms with Crippen LogP contribution in [-0.2, 0) is 24.1 Å². The number of halogens is 4. The van der Waals surface area contributed by atoms with Crippen LogP contribution in [0, 0.1) is 0 Å². The first-order valence-electron chi connectivity index (χ1n) is 9.85. The minimum Gasteiger partial charge on any atom is -0.491 e. The summed E-state index contributed by atoms with van der Waals surface area (Å²) in [5.41, 5.74) is 1.39. The number of hydrogen-bond donors (Lipinski definition) is 1. The molecule has 1 amide bonds. The molecule has 0 spiro atoms. The van der Waals surface area contributed by atoms with E-state index in [9.17, 15) is 22.4 Å². The van der Waals surface area contributed by atoms with Crippen molar-refractivity contribution in [3.63, 3.8) is 0 Å². The molecule has 11 heteroatoms. The Bertz CT molecular complexity index is 937. The predicted molar refractivity (Wildman–Crippen MR) is 99.8 cm³/mol. The molecule has 0 saturated heterocycles. The van der Waals surface area contributed by atoms with E-state index in [1.165, 1.54) is 10.7 Å². The first kappa shape index (κ1) is 21.4. The molecule has 0 aliphatic carbocycles. The lowest BCUT2D eigenvalue weighted by molar-refractivity contribution is -0.147. The summed E-state index contributed by atoms with van der Waals surface area (Å²) in [6.45, 7) is -2.47. The van der Waals surface area contributed by atoms with E-state index >= 15 is 0 Å². The molecule has 31 heavy (non-hydrogen) atoms. The number of aromatic nitrogens is 2. The van der Waals surface area contributed by atoms with Crippen molar-refractivity contribution < 1.29 is 36.6 Å². The van der Waals surface area contributed by atoms with E-state index in [-0.39, 0.29) is 31.4 Å². The van der Waals surface area contributed by atoms with Crippen molar-refractivity contribution in [3.05, 3.63) is 41.1 Å². The topological polar surface area (TPSA) is 74.6 Å². The Morgan fingerprint density at radius 1 is 1.29 bits per heavy atom. The molecule has 1 aromatic carbocycles. The van der Waals surface area contributed by atoms with Gasteiger partial charge in [0.15, 0.2) is 5.69 Å². The number of carbonyl (C=O) groups is 1. The van der Waals surface area contributed by atoms with E-state index in [0.29, 0.717) is 36.6 Å². The van der Waals surface area contributed by atoms with Gasteiger partial charge >= 0.3 is 6.61 Å². The molecule has 3 heterocycles. The van der Waals surface area contributed by atoms with Crippen LogP contribution in [0.1, 0.15) is 28.0 Å². The molecule has 2 aliphatic rings. The van der Waals surface area contributed by atoms with Crippen molar-refractivity contribution in [1.29, 1.82) is 0 Å². The smallest absolute Gasteiger partial charge is 0.345 e. The van der Waals surface area contributed by atoms with Crippen LogP contribution in [0.15, 0.2) is 24.3 Å². The van der Waals surface area contributed by atoms with Crippen LogP contribution in [-0.4, -0.2) is 54.1 Å². The maximum absolute atomic E-state index is 12.6. The number of nitrogens with zero attached hydrogens (tertiary/aromatic N) is 2. The fraction of sp³-hybridized carbons (Fsp3) is 0.500. The molecule has 4 rings (SSSR count). The van der Waals surface area contributed by atoms with Gasteiger partial charge in [0, 0.05) is 25.5 Å². The van der Waals surface area contributed by atoms with Crippen LogP contribution >= 0.6 is 0 Å². The van der Waals surface area contributed by atoms with Gasteiger partial charge in [-0.25, -0.2) is 13.5 Å². The standard InChI is InChI=1S/C20H21F4N3O4/c21-17(22)6-11-1-2-16-12(5-11)7-13(9-29-16)25-19(28)15-8-18-27(26-15)4-3-14(31-18)10-30-20(23)24/h1-2,5,8,13-14,17,20H,3-4,6-7,9-10H2,(H,25,28)/t13-,14+/m1/s1. The summed E-state index contributed by atoms with van der Waals surface area (Å²) in [5.74, 6) is 0.485. The number of rotatable bonds is 7. The Morgan fingerprint density at radius 3 is 2.90 bits per heavy atom. The van der Waals surface area contributed by atoms with Gasteiger partial charge < -0.3 is 19.5 Å². The second-order valence-electron chi connectivity index (χ2n) is 7.44. The quantitative estimate of drug-likeness (QED) is 0.667. The number of aryl methyl sites for hydroxylation is 1. The monoisotopic (exact) mass is 443 g/mol. The lowest BCUT2D eigenvalue weighted by Gasteiger charge is -2.26. The van der Waals surface area contributed by atoms with Gasteiger partial charge in [0.25, 0.3) is 5.91 Å². The molecule has 0 unspecified atom stereocenters. The Balaban J connectivity index is 1.37. The van der Waals surface area contributed by atoms with Crippen LogP contribution < -0.4 is 14.8 Å². The number of alkyl halides is 4. The second kappa shape index (κ2) is 9.13. The number of carbonyl (C=O) groups excluding carboxylic acids is 1. The summed E-state index contributed by atoms with van der Waals surface area (Å²) in [6, 6.07) is 6.04. The lowest BCUT2D eigenvalue weighted by Crippen LogP contribution is -2.43. The maximum atomic E-state index is 12.6. The third-order valence-electron chi connectivity index (χ3n) is 5.09. The van der Waals surface area contributed by atoms with E-state index in [2.05, 4.69) is 15.2 Å². The molecule has 2 atom stereocenters. The van der Waals surface area contributed by atoms with Gasteiger partial charge in [-0.15, -0.1) is 0 Å². The number of ether oxygens (including phenoxy) is 3. The number of amides is 1. The highest BCUT2D eigenvalue weighted by atomic mass is 19.3. The largest absolute Gasteiger partial charge is 0.491 e. The Morgan fingerprint density at radius 2 is 2.13 bits per heavy atom. The molecule has 2 aliphatic heterocycles. The molecule has 0 bridgehead atoms. The third-order valence-corrected chi connectivity index (χ3v) is 5.09. The van der Waals surface area contributed by atoms with E-state index in [0.717, 1.165) is 5.56 Å². The minimum absolute atomic E-state index is 0.127. The zero-order valence-corrected chi connectivity index (χ0v) is 16.4. The van der Waals surface area contributed by atoms with Crippen molar-refractivity contribution in [2.45, 2.75) is 51.0 Å². The van der Waals surface area contributed by atoms with E-state index < -0.39 is 25.0 Å². The molecular weight excluding hydrogens is 422 g/mol. The molecule has 168 valence electrons. The Kier molecular flexibility index (Phi) is 6.30. The average Bonchev–Trinajstić information content (AvgIpc) is 3.15. The number of hydrogen-bond acceptors (Lipinski definition) is 5. The maximum Gasteiger partial charge on any atom is 0.345 e. The van der Waals surface area contributed by atoms with Gasteiger partial charge in [-0.1, -0.05) is 12.1 Å². The van der Waals surface area contributed by atoms with Crippen molar-refractivity contribution in [2.24, 2.45) is 0 Å². The van der Waals surface area contributed by atoms with Crippen LogP contribution in [0.5, 0.6) is 11.6 Å². The zero-order chi connectivity index (χ0) is 22.0. The van der Waals surface area contributed by atoms with Crippen molar-refractivity contribution in [2.75, 3.05) is 13.2 Å². The van der Waals surface area contributed by atoms with Crippen molar-refractivity contribution in [1.82, 2.24) is 15.1 Å². The fourth-order valence-electron chi connectivity index (χ4n) is 3.66. The van der Waals surface area contributed by atoms with Crippen LogP contribution in [0.2, 0.25) is 0 Å². The summed E-state index contributed by atoms with van der Waals surface area (Å²) in [5, 5.41) is 7.03. The first-order chi connectivity index (χ1) is 14.9. The Labute approximate surface area is 175 Å². The SMILES string of the molecule is O=C(N[C@H]1COc2ccc(CC(F)F)cc2C1)c1cc2n(n1)CC[C@@H](COC(F)F)O2. The van der Waals surface area contributed by atoms with Crippen LogP contribution in [0.4, 0.5) is 17.6 Å². The van der Waals surface area contributed by atoms with Crippen molar-refractivity contribution in [3.8, 4) is 11.6 Å². The molecule has 0 radical (unpaired) electrons. The van der Waals surface area contributed by atoms with Gasteiger partial charge in [-0.05, 0) is 23.6 Å². The summed E-state index contributed by atoms with van der Waals surface area (Å²) >= 11 is 0. The summed E-state index contributed by atoms with van der Waals surface area (Å²) < 4.78 is 66.7. The third kappa shape index (κ3) is 5.27. The highest BCUT2D eigenvalue weighted by Gasteiger charge is 2.27. The molecule has 2 aromatic rings. The fourth-order valence-corrected chi connectivity index (χ4v) is 3.66. The lowest BCUT2D eigenvalue weighted by atomic mass is 9.99. The van der Waals surface area contributed by atoms with Gasteiger partial charge in [0.2, 0.25) is 12.3 Å². The Hall–Kier alpha value is -2.82. The summed E-state index contributed by atoms with van der Waals surface area (Å²) in [6.07, 6.45) is -2.45. The van der Waals surface area contributed by atoms with E-state index in [4.69, 9.17) is 9.47 Å². The molecule has 1 N–H and O–H groups in total. The highest BCUT2D eigenvalue weighted by molar-refractivity contribution is 5.92. The molecule has 0 fully saturated rings. The predicted octanol–water partition coefficient (Wildman–Crippen LogP) is 2.81. The highest BCUT2D eigenvalue weighted by Crippen LogP contribution is 2.27. The van der Waals surface area contributed by atoms with Crippen LogP contribution in [0.25, 0.3) is 0 Å². The summed E-state index contributed by atoms with van der Waals surface area (Å²) in [4.78, 5) is 12.6. The zero-order valence-electron chi connectivity index (χ0n) is 16.4. The second-order valence-corrected chi connectivity index (χ2v) is 7.44. The van der Waals surface area contributed by atoms with Gasteiger partial charge in [0.05, 0.1) is 12.6 Å². The van der Waals surface area contributed by atoms with E-state index in [1.54, 1.807) is 18.2 Å². The van der Waals surface area contributed by atoms with Gasteiger partial charge in [-0.3, -0.25) is 4.79 Å². The first-order valence-corrected chi connectivity index (χ1v) is 9.85. The average molecular weight is 443 g/mol. The number of fused-ring (bicyclic) bond motifs is 2. The van der Waals surface area contributed by atoms with Crippen LogP contribution in [0.3, 0.4) is 0 Å². The van der Waals surface area contributed by atoms with E-state index in [1.807, 2.05) is 0 Å². The normalized spacial score (nSPS) is 20.1. The minimum atomic E-state index is -2.87. The summed E-state index contributed by atoms with van der Waals surface area (Å²) in [7, 11) is 0. The van der Waals surface area contributed by atoms with Gasteiger partial charge in [0.1, 0.15) is 18.5 Å². The van der Waals surface area contributed by atoms with Gasteiger partial charge in [-0.2, -0.15) is 13.9 Å². The molecular formula is C20H21F4N3O4. The van der Waals surface area contributed by atoms with Crippen molar-refractivity contribution >= 4 is 5.91 Å².